The maximum atomic E-state index is 2.53. The van der Waals surface area contributed by atoms with Gasteiger partial charge in [0, 0.05) is 12.5 Å². The third kappa shape index (κ3) is 1.40. The van der Waals surface area contributed by atoms with Gasteiger partial charge in [-0.1, -0.05) is 0 Å². The molecule has 2 heteroatoms. The third-order valence-electron chi connectivity index (χ3n) is 3.33. The van der Waals surface area contributed by atoms with Gasteiger partial charge < -0.3 is 4.90 Å². The molecule has 1 fully saturated rings. The highest BCUT2D eigenvalue weighted by molar-refractivity contribution is 5.57. The van der Waals surface area contributed by atoms with Crippen LogP contribution in [0.2, 0.25) is 0 Å². The molecule has 2 atom stereocenters. The summed E-state index contributed by atoms with van der Waals surface area (Å²) in [6, 6.07) is 0.843. The first kappa shape index (κ1) is 8.24. The molecule has 0 aliphatic carbocycles. The molecule has 0 bridgehead atoms. The largest absolute Gasteiger partial charge is 0.303 e. The van der Waals surface area contributed by atoms with Crippen molar-refractivity contribution in [1.29, 1.82) is 0 Å². The van der Waals surface area contributed by atoms with Crippen molar-refractivity contribution in [2.75, 3.05) is 27.2 Å². The topological polar surface area (TPSA) is 6.25 Å². The summed E-state index contributed by atoms with van der Waals surface area (Å²) in [5.41, 5.74) is 0. The number of nitrogens with zero attached hydrogens (tertiary/aromatic N) is 2. The van der Waals surface area contributed by atoms with Gasteiger partial charge >= 0.3 is 0 Å². The molecule has 0 aromatic heterocycles. The maximum absolute atomic E-state index is 2.53. The minimum absolute atomic E-state index is 0.836. The van der Waals surface area contributed by atoms with Crippen molar-refractivity contribution in [2.45, 2.75) is 25.3 Å². The van der Waals surface area contributed by atoms with Gasteiger partial charge in [-0.15, -0.1) is 0 Å². The highest BCUT2D eigenvalue weighted by atomic mass is 15.2. The van der Waals surface area contributed by atoms with E-state index in [9.17, 15) is 0 Å². The van der Waals surface area contributed by atoms with E-state index in [0.29, 0.717) is 0 Å². The van der Waals surface area contributed by atoms with Crippen LogP contribution in [0.3, 0.4) is 0 Å². The van der Waals surface area contributed by atoms with Gasteiger partial charge in [-0.05, 0) is 26.4 Å². The van der Waals surface area contributed by atoms with Crippen LogP contribution >= 0.6 is 0 Å². The van der Waals surface area contributed by atoms with Crippen LogP contribution in [0, 0.1) is 5.92 Å². The lowest BCUT2D eigenvalue weighted by Gasteiger charge is -2.21. The van der Waals surface area contributed by atoms with E-state index in [0.717, 1.165) is 12.0 Å². The van der Waals surface area contributed by atoms with E-state index < -0.39 is 0 Å². The van der Waals surface area contributed by atoms with Crippen LogP contribution in [0.4, 0.5) is 0 Å². The van der Waals surface area contributed by atoms with Gasteiger partial charge in [-0.2, -0.15) is 0 Å². The second-order valence-electron chi connectivity index (χ2n) is 4.27. The maximum Gasteiger partial charge on any atom is 0.144 e. The Hall–Kier alpha value is -0.370. The summed E-state index contributed by atoms with van der Waals surface area (Å²) < 4.78 is 2.34. The molecule has 0 N–H and O–H groups in total. The van der Waals surface area contributed by atoms with Crippen molar-refractivity contribution in [3.05, 3.63) is 0 Å². The monoisotopic (exact) mass is 167 g/mol. The molecule has 2 aliphatic heterocycles. The van der Waals surface area contributed by atoms with Crippen molar-refractivity contribution in [2.24, 2.45) is 5.92 Å². The van der Waals surface area contributed by atoms with Gasteiger partial charge in [0.25, 0.3) is 0 Å². The molecule has 0 spiro atoms. The van der Waals surface area contributed by atoms with E-state index >= 15 is 0 Å². The normalized spacial score (nSPS) is 37.3. The molecule has 68 valence electrons. The Morgan fingerprint density at radius 1 is 1.42 bits per heavy atom. The fraction of sp³-hybridized carbons (Fsp3) is 0.900. The Labute approximate surface area is 74.9 Å². The van der Waals surface area contributed by atoms with E-state index in [1.54, 1.807) is 0 Å². The summed E-state index contributed by atoms with van der Waals surface area (Å²) in [6.45, 7) is 2.56. The molecule has 2 rings (SSSR count). The van der Waals surface area contributed by atoms with E-state index in [1.165, 1.54) is 32.4 Å². The van der Waals surface area contributed by atoms with Gasteiger partial charge in [0.05, 0.1) is 5.92 Å². The minimum atomic E-state index is 0.836. The van der Waals surface area contributed by atoms with E-state index in [-0.39, 0.29) is 0 Å². The summed E-state index contributed by atoms with van der Waals surface area (Å²) in [7, 11) is 4.46. The molecule has 2 heterocycles. The van der Waals surface area contributed by atoms with Gasteiger partial charge in [0.2, 0.25) is 0 Å². The first-order valence-electron chi connectivity index (χ1n) is 5.03. The van der Waals surface area contributed by atoms with Crippen LogP contribution in [0.25, 0.3) is 0 Å². The Bertz CT molecular complexity index is 198. The van der Waals surface area contributed by atoms with Gasteiger partial charge in [-0.3, -0.25) is 0 Å². The highest BCUT2D eigenvalue weighted by Gasteiger charge is 2.33. The number of hydrogen-bond acceptors (Lipinski definition) is 1. The third-order valence-corrected chi connectivity index (χ3v) is 3.33. The average Bonchev–Trinajstić information content (AvgIpc) is 2.58. The van der Waals surface area contributed by atoms with Crippen LogP contribution in [0.15, 0.2) is 0 Å². The standard InChI is InChI=1S/C10H19N2/c1-11-7-5-9(8-11)10-4-3-6-12(10)2/h8-10H,3-7H2,1-2H3/q+1. The zero-order valence-electron chi connectivity index (χ0n) is 8.16. The number of hydrogen-bond donors (Lipinski definition) is 0. The lowest BCUT2D eigenvalue weighted by Crippen LogP contribution is -2.32. The number of likely N-dealkylation sites (tertiary alicyclic amines) is 1. The van der Waals surface area contributed by atoms with Crippen LogP contribution < -0.4 is 0 Å². The van der Waals surface area contributed by atoms with Crippen LogP contribution in [-0.2, 0) is 0 Å². The average molecular weight is 167 g/mol. The van der Waals surface area contributed by atoms with E-state index in [4.69, 9.17) is 0 Å². The molecule has 0 aromatic carbocycles. The van der Waals surface area contributed by atoms with Crippen molar-refractivity contribution < 1.29 is 4.58 Å². The fourth-order valence-electron chi connectivity index (χ4n) is 2.60. The molecule has 12 heavy (non-hydrogen) atoms. The molecule has 0 amide bonds. The zero-order valence-corrected chi connectivity index (χ0v) is 8.16. The van der Waals surface area contributed by atoms with Gasteiger partial charge in [-0.25, -0.2) is 4.58 Å². The molecule has 0 saturated carbocycles. The van der Waals surface area contributed by atoms with Crippen molar-refractivity contribution in [1.82, 2.24) is 4.90 Å². The lowest BCUT2D eigenvalue weighted by atomic mass is 9.97. The quantitative estimate of drug-likeness (QED) is 0.524. The SMILES string of the molecule is CN1CCCC1C1C=[N+](C)CC1. The van der Waals surface area contributed by atoms with E-state index in [2.05, 4.69) is 29.8 Å². The van der Waals surface area contributed by atoms with Crippen molar-refractivity contribution >= 4 is 6.21 Å². The minimum Gasteiger partial charge on any atom is -0.303 e. The Balaban J connectivity index is 2.00. The summed E-state index contributed by atoms with van der Waals surface area (Å²) in [6.07, 6.45) is 6.60. The molecule has 1 saturated heterocycles. The molecule has 0 aromatic rings. The Kier molecular flexibility index (Phi) is 2.18. The predicted molar refractivity (Wildman–Crippen MR) is 50.9 cm³/mol. The summed E-state index contributed by atoms with van der Waals surface area (Å²) in [5.74, 6) is 0.836. The fourth-order valence-corrected chi connectivity index (χ4v) is 2.60. The van der Waals surface area contributed by atoms with Gasteiger partial charge in [0.15, 0.2) is 0 Å². The van der Waals surface area contributed by atoms with E-state index in [1.807, 2.05) is 0 Å². The summed E-state index contributed by atoms with van der Waals surface area (Å²) >= 11 is 0. The Morgan fingerprint density at radius 3 is 2.75 bits per heavy atom. The Morgan fingerprint density at radius 2 is 2.25 bits per heavy atom. The van der Waals surface area contributed by atoms with Crippen molar-refractivity contribution in [3.8, 4) is 0 Å². The second kappa shape index (κ2) is 3.17. The molecular weight excluding hydrogens is 148 g/mol. The molecule has 0 radical (unpaired) electrons. The second-order valence-corrected chi connectivity index (χ2v) is 4.27. The molecule has 2 unspecified atom stereocenters. The van der Waals surface area contributed by atoms with Crippen LogP contribution in [-0.4, -0.2) is 48.9 Å². The first-order chi connectivity index (χ1) is 5.77. The molecular formula is C10H19N2+. The number of rotatable bonds is 1. The smallest absolute Gasteiger partial charge is 0.144 e. The van der Waals surface area contributed by atoms with Crippen LogP contribution in [0.5, 0.6) is 0 Å². The molecule has 2 aliphatic rings. The first-order valence-corrected chi connectivity index (χ1v) is 5.03. The molecule has 2 nitrogen and oxygen atoms in total. The summed E-state index contributed by atoms with van der Waals surface area (Å²) in [4.78, 5) is 2.53. The van der Waals surface area contributed by atoms with Gasteiger partial charge in [0.1, 0.15) is 19.8 Å². The highest BCUT2D eigenvalue weighted by Crippen LogP contribution is 2.25. The predicted octanol–water partition coefficient (Wildman–Crippen LogP) is 0.814. The van der Waals surface area contributed by atoms with Crippen LogP contribution in [0.1, 0.15) is 19.3 Å². The lowest BCUT2D eigenvalue weighted by molar-refractivity contribution is -0.484. The summed E-state index contributed by atoms with van der Waals surface area (Å²) in [5, 5.41) is 0. The zero-order chi connectivity index (χ0) is 8.55. The van der Waals surface area contributed by atoms with Crippen molar-refractivity contribution in [3.63, 3.8) is 0 Å².